The van der Waals surface area contributed by atoms with Gasteiger partial charge in [-0.15, -0.1) is 0 Å². The number of carbonyl (C=O) groups excluding carboxylic acids is 2. The highest BCUT2D eigenvalue weighted by atomic mass is 16.6. The summed E-state index contributed by atoms with van der Waals surface area (Å²) in [5, 5.41) is 9.48. The van der Waals surface area contributed by atoms with Crippen molar-refractivity contribution < 1.29 is 28.5 Å². The molecule has 1 saturated heterocycles. The Kier molecular flexibility index (Phi) is 8.50. The summed E-state index contributed by atoms with van der Waals surface area (Å²) in [5.74, 6) is 0.123. The number of amides is 1. The molecular formula is C27H30N2O6. The number of hydrogen-bond donors (Lipinski definition) is 0. The molecular weight excluding hydrogens is 448 g/mol. The average molecular weight is 479 g/mol. The average Bonchev–Trinajstić information content (AvgIpc) is 2.86. The first-order chi connectivity index (χ1) is 16.7. The summed E-state index contributed by atoms with van der Waals surface area (Å²) >= 11 is 0. The standard InChI is InChI=1S/C27H30N2O6/c1-27(2,3)21-6-8-22(9-7-21)34-18-25(30)35-23-10-5-19(16-24(23)32-4)15-20(17-28)26(31)29-11-13-33-14-12-29/h5-10,15-16H,11-14,18H2,1-4H3/b20-15+. The van der Waals surface area contributed by atoms with Crippen LogP contribution in [0.1, 0.15) is 31.9 Å². The third kappa shape index (κ3) is 7.08. The van der Waals surface area contributed by atoms with Crippen molar-refractivity contribution in [2.75, 3.05) is 40.0 Å². The van der Waals surface area contributed by atoms with Gasteiger partial charge in [0.15, 0.2) is 18.1 Å². The van der Waals surface area contributed by atoms with Gasteiger partial charge in [0.05, 0.1) is 20.3 Å². The van der Waals surface area contributed by atoms with Crippen LogP contribution in [0, 0.1) is 11.3 Å². The van der Waals surface area contributed by atoms with Crippen molar-refractivity contribution in [3.05, 3.63) is 59.2 Å². The van der Waals surface area contributed by atoms with E-state index in [0.29, 0.717) is 37.6 Å². The Morgan fingerprint density at radius 1 is 1.09 bits per heavy atom. The van der Waals surface area contributed by atoms with Gasteiger partial charge in [-0.2, -0.15) is 5.26 Å². The number of morpholine rings is 1. The lowest BCUT2D eigenvalue weighted by atomic mass is 9.87. The number of hydrogen-bond acceptors (Lipinski definition) is 7. The molecule has 1 heterocycles. The highest BCUT2D eigenvalue weighted by Crippen LogP contribution is 2.29. The van der Waals surface area contributed by atoms with Gasteiger partial charge in [-0.05, 0) is 46.9 Å². The largest absolute Gasteiger partial charge is 0.493 e. The van der Waals surface area contributed by atoms with Crippen LogP contribution in [0.15, 0.2) is 48.0 Å². The maximum absolute atomic E-state index is 12.6. The minimum absolute atomic E-state index is 0.00424. The van der Waals surface area contributed by atoms with Crippen molar-refractivity contribution in [3.8, 4) is 23.3 Å². The Bertz CT molecular complexity index is 1120. The quantitative estimate of drug-likeness (QED) is 0.259. The third-order valence-electron chi connectivity index (χ3n) is 5.45. The lowest BCUT2D eigenvalue weighted by Crippen LogP contribution is -2.41. The second kappa shape index (κ2) is 11.5. The fourth-order valence-electron chi connectivity index (χ4n) is 3.45. The minimum atomic E-state index is -0.591. The van der Waals surface area contributed by atoms with Crippen LogP contribution >= 0.6 is 0 Å². The predicted octanol–water partition coefficient (Wildman–Crippen LogP) is 3.74. The van der Waals surface area contributed by atoms with E-state index in [9.17, 15) is 14.9 Å². The van der Waals surface area contributed by atoms with Crippen molar-refractivity contribution in [3.63, 3.8) is 0 Å². The Morgan fingerprint density at radius 2 is 1.77 bits per heavy atom. The molecule has 0 aliphatic carbocycles. The number of esters is 1. The van der Waals surface area contributed by atoms with Gasteiger partial charge < -0.3 is 23.8 Å². The summed E-state index contributed by atoms with van der Waals surface area (Å²) in [7, 11) is 1.44. The molecule has 0 unspecified atom stereocenters. The van der Waals surface area contributed by atoms with Gasteiger partial charge in [0, 0.05) is 13.1 Å². The van der Waals surface area contributed by atoms with E-state index in [1.54, 1.807) is 23.1 Å². The zero-order chi connectivity index (χ0) is 25.4. The molecule has 1 aliphatic rings. The van der Waals surface area contributed by atoms with Gasteiger partial charge in [-0.25, -0.2) is 4.79 Å². The van der Waals surface area contributed by atoms with Crippen LogP contribution in [0.3, 0.4) is 0 Å². The Balaban J connectivity index is 1.64. The van der Waals surface area contributed by atoms with E-state index in [1.165, 1.54) is 13.2 Å². The first-order valence-corrected chi connectivity index (χ1v) is 11.3. The highest BCUT2D eigenvalue weighted by Gasteiger charge is 2.21. The van der Waals surface area contributed by atoms with Crippen LogP contribution in [0.25, 0.3) is 6.08 Å². The number of ether oxygens (including phenoxy) is 4. The van der Waals surface area contributed by atoms with E-state index in [0.717, 1.165) is 5.56 Å². The molecule has 2 aromatic rings. The van der Waals surface area contributed by atoms with Crippen LogP contribution in [0.5, 0.6) is 17.2 Å². The Morgan fingerprint density at radius 3 is 2.37 bits per heavy atom. The number of benzene rings is 2. The number of carbonyl (C=O) groups is 2. The zero-order valence-electron chi connectivity index (χ0n) is 20.5. The molecule has 0 atom stereocenters. The second-order valence-corrected chi connectivity index (χ2v) is 9.02. The molecule has 184 valence electrons. The fraction of sp³-hybridized carbons (Fsp3) is 0.370. The van der Waals surface area contributed by atoms with Crippen LogP contribution in [0.4, 0.5) is 0 Å². The van der Waals surface area contributed by atoms with Gasteiger partial charge >= 0.3 is 5.97 Å². The molecule has 8 nitrogen and oxygen atoms in total. The summed E-state index contributed by atoms with van der Waals surface area (Å²) in [6, 6.07) is 14.3. The van der Waals surface area contributed by atoms with E-state index in [-0.39, 0.29) is 35.0 Å². The highest BCUT2D eigenvalue weighted by molar-refractivity contribution is 6.01. The van der Waals surface area contributed by atoms with Crippen molar-refractivity contribution in [2.45, 2.75) is 26.2 Å². The van der Waals surface area contributed by atoms with Gasteiger partial charge in [0.2, 0.25) is 0 Å². The third-order valence-corrected chi connectivity index (χ3v) is 5.45. The van der Waals surface area contributed by atoms with Gasteiger partial charge in [-0.1, -0.05) is 39.0 Å². The van der Waals surface area contributed by atoms with E-state index in [4.69, 9.17) is 18.9 Å². The first-order valence-electron chi connectivity index (χ1n) is 11.3. The lowest BCUT2D eigenvalue weighted by Gasteiger charge is -2.26. The van der Waals surface area contributed by atoms with Crippen LogP contribution in [0.2, 0.25) is 0 Å². The lowest BCUT2D eigenvalue weighted by molar-refractivity contribution is -0.136. The zero-order valence-corrected chi connectivity index (χ0v) is 20.5. The molecule has 0 N–H and O–H groups in total. The molecule has 1 aliphatic heterocycles. The van der Waals surface area contributed by atoms with Crippen molar-refractivity contribution in [1.29, 1.82) is 5.26 Å². The molecule has 8 heteroatoms. The Hall–Kier alpha value is -3.83. The van der Waals surface area contributed by atoms with E-state index >= 15 is 0 Å². The fourth-order valence-corrected chi connectivity index (χ4v) is 3.45. The summed E-state index contributed by atoms with van der Waals surface area (Å²) in [6.45, 7) is 7.88. The van der Waals surface area contributed by atoms with Gasteiger partial charge in [0.1, 0.15) is 17.4 Å². The summed E-state index contributed by atoms with van der Waals surface area (Å²) in [5.41, 5.74) is 1.76. The van der Waals surface area contributed by atoms with Crippen LogP contribution in [-0.4, -0.2) is 56.8 Å². The number of rotatable bonds is 7. The molecule has 3 rings (SSSR count). The molecule has 0 bridgehead atoms. The van der Waals surface area contributed by atoms with Crippen LogP contribution < -0.4 is 14.2 Å². The monoisotopic (exact) mass is 478 g/mol. The summed E-state index contributed by atoms with van der Waals surface area (Å²) in [4.78, 5) is 26.5. The molecule has 1 amide bonds. The maximum Gasteiger partial charge on any atom is 0.349 e. The summed E-state index contributed by atoms with van der Waals surface area (Å²) in [6.07, 6.45) is 1.48. The van der Waals surface area contributed by atoms with E-state index in [1.807, 2.05) is 30.3 Å². The van der Waals surface area contributed by atoms with Crippen molar-refractivity contribution in [2.24, 2.45) is 0 Å². The molecule has 35 heavy (non-hydrogen) atoms. The molecule has 0 radical (unpaired) electrons. The predicted molar refractivity (Wildman–Crippen MR) is 130 cm³/mol. The summed E-state index contributed by atoms with van der Waals surface area (Å²) < 4.78 is 21.5. The number of nitriles is 1. The smallest absolute Gasteiger partial charge is 0.349 e. The van der Waals surface area contributed by atoms with Crippen molar-refractivity contribution in [1.82, 2.24) is 4.90 Å². The SMILES string of the molecule is COc1cc(/C=C(\C#N)C(=O)N2CCOCC2)ccc1OC(=O)COc1ccc(C(C)(C)C)cc1. The van der Waals surface area contributed by atoms with Gasteiger partial charge in [0.25, 0.3) is 5.91 Å². The maximum atomic E-state index is 12.6. The Labute approximate surface area is 205 Å². The van der Waals surface area contributed by atoms with Crippen molar-refractivity contribution >= 4 is 18.0 Å². The molecule has 0 saturated carbocycles. The number of methoxy groups -OCH3 is 1. The molecule has 0 aromatic heterocycles. The van der Waals surface area contributed by atoms with E-state index < -0.39 is 5.97 Å². The second-order valence-electron chi connectivity index (χ2n) is 9.02. The normalized spacial score (nSPS) is 14.1. The molecule has 1 fully saturated rings. The van der Waals surface area contributed by atoms with Gasteiger partial charge in [-0.3, -0.25) is 4.79 Å². The van der Waals surface area contributed by atoms with Crippen LogP contribution in [-0.2, 0) is 19.7 Å². The molecule has 0 spiro atoms. The number of nitrogens with zero attached hydrogens (tertiary/aromatic N) is 2. The minimum Gasteiger partial charge on any atom is -0.493 e. The topological polar surface area (TPSA) is 98.1 Å². The van der Waals surface area contributed by atoms with E-state index in [2.05, 4.69) is 20.8 Å². The molecule has 2 aromatic carbocycles. The first kappa shape index (κ1) is 25.8.